The number of hydrogen-bond donors (Lipinski definition) is 0. The van der Waals surface area contributed by atoms with Crippen LogP contribution in [0.1, 0.15) is 33.3 Å². The fraction of sp³-hybridized carbons (Fsp3) is 0.600. The van der Waals surface area contributed by atoms with E-state index in [1.165, 1.54) is 5.56 Å². The van der Waals surface area contributed by atoms with Crippen molar-refractivity contribution < 1.29 is 9.53 Å². The zero-order chi connectivity index (χ0) is 14.0. The molecule has 0 aliphatic carbocycles. The lowest BCUT2D eigenvalue weighted by atomic mass is 10.0. The standard InChI is InChI=1S/C15H22N2O2/c1-10(2)7-12-5-6-14(16-8-12)17-13(11(3)4)9-19-15(17)18/h5-6,8,10-11,13H,7,9H2,1-4H3/t13-/m0/s1. The normalized spacial score (nSPS) is 19.4. The number of anilines is 1. The SMILES string of the molecule is CC(C)Cc1ccc(N2C(=O)OC[C@H]2C(C)C)nc1. The minimum atomic E-state index is -0.289. The second kappa shape index (κ2) is 5.59. The fourth-order valence-corrected chi connectivity index (χ4v) is 2.34. The Kier molecular flexibility index (Phi) is 4.08. The highest BCUT2D eigenvalue weighted by atomic mass is 16.6. The quantitative estimate of drug-likeness (QED) is 0.836. The average Bonchev–Trinajstić information content (AvgIpc) is 2.71. The van der Waals surface area contributed by atoms with Crippen LogP contribution < -0.4 is 4.90 Å². The van der Waals surface area contributed by atoms with Gasteiger partial charge in [-0.2, -0.15) is 0 Å². The molecule has 4 nitrogen and oxygen atoms in total. The van der Waals surface area contributed by atoms with Crippen LogP contribution in [-0.2, 0) is 11.2 Å². The smallest absolute Gasteiger partial charge is 0.415 e. The maximum Gasteiger partial charge on any atom is 0.415 e. The first-order valence-electron chi connectivity index (χ1n) is 6.90. The molecule has 0 N–H and O–H groups in total. The predicted molar refractivity (Wildman–Crippen MR) is 75.2 cm³/mol. The molecule has 104 valence electrons. The summed E-state index contributed by atoms with van der Waals surface area (Å²) in [5.41, 5.74) is 1.20. The second-order valence-corrected chi connectivity index (χ2v) is 5.88. The van der Waals surface area contributed by atoms with Crippen molar-refractivity contribution in [1.82, 2.24) is 4.98 Å². The van der Waals surface area contributed by atoms with Gasteiger partial charge in [0.15, 0.2) is 0 Å². The number of hydrogen-bond acceptors (Lipinski definition) is 3. The zero-order valence-electron chi connectivity index (χ0n) is 12.1. The Morgan fingerprint density at radius 1 is 1.37 bits per heavy atom. The van der Waals surface area contributed by atoms with Gasteiger partial charge in [-0.15, -0.1) is 0 Å². The predicted octanol–water partition coefficient (Wildman–Crippen LogP) is 3.26. The highest BCUT2D eigenvalue weighted by Crippen LogP contribution is 2.25. The monoisotopic (exact) mass is 262 g/mol. The molecule has 0 saturated carbocycles. The molecule has 0 spiro atoms. The number of pyridine rings is 1. The maximum atomic E-state index is 11.8. The lowest BCUT2D eigenvalue weighted by Crippen LogP contribution is -2.37. The molecule has 1 fully saturated rings. The number of nitrogens with zero attached hydrogens (tertiary/aromatic N) is 2. The van der Waals surface area contributed by atoms with Crippen molar-refractivity contribution in [3.63, 3.8) is 0 Å². The summed E-state index contributed by atoms with van der Waals surface area (Å²) in [6.45, 7) is 8.99. The number of carbonyl (C=O) groups is 1. The van der Waals surface area contributed by atoms with Gasteiger partial charge in [-0.25, -0.2) is 9.78 Å². The van der Waals surface area contributed by atoms with E-state index in [1.807, 2.05) is 18.3 Å². The third-order valence-corrected chi connectivity index (χ3v) is 3.38. The molecule has 1 atom stereocenters. The van der Waals surface area contributed by atoms with E-state index >= 15 is 0 Å². The van der Waals surface area contributed by atoms with Crippen LogP contribution in [0, 0.1) is 11.8 Å². The van der Waals surface area contributed by atoms with E-state index in [2.05, 4.69) is 32.7 Å². The van der Waals surface area contributed by atoms with Crippen molar-refractivity contribution in [2.75, 3.05) is 11.5 Å². The van der Waals surface area contributed by atoms with Gasteiger partial charge in [0.1, 0.15) is 12.4 Å². The summed E-state index contributed by atoms with van der Waals surface area (Å²) in [5, 5.41) is 0. The van der Waals surface area contributed by atoms with Gasteiger partial charge < -0.3 is 4.74 Å². The number of amides is 1. The van der Waals surface area contributed by atoms with Gasteiger partial charge in [-0.1, -0.05) is 33.8 Å². The van der Waals surface area contributed by atoms with E-state index in [0.29, 0.717) is 24.3 Å². The molecule has 1 aromatic rings. The van der Waals surface area contributed by atoms with Crippen LogP contribution in [0.4, 0.5) is 10.6 Å². The molecule has 0 bridgehead atoms. The van der Waals surface area contributed by atoms with Gasteiger partial charge in [0.25, 0.3) is 0 Å². The van der Waals surface area contributed by atoms with Crippen molar-refractivity contribution in [3.05, 3.63) is 23.9 Å². The third kappa shape index (κ3) is 3.06. The molecular formula is C15H22N2O2. The maximum absolute atomic E-state index is 11.8. The van der Waals surface area contributed by atoms with Crippen molar-refractivity contribution in [3.8, 4) is 0 Å². The van der Waals surface area contributed by atoms with Gasteiger partial charge in [0.05, 0.1) is 6.04 Å². The molecule has 0 unspecified atom stereocenters. The first kappa shape index (κ1) is 13.8. The molecule has 2 heterocycles. The van der Waals surface area contributed by atoms with E-state index in [4.69, 9.17) is 4.74 Å². The number of carbonyl (C=O) groups excluding carboxylic acids is 1. The third-order valence-electron chi connectivity index (χ3n) is 3.38. The number of ether oxygens (including phenoxy) is 1. The van der Waals surface area contributed by atoms with E-state index in [9.17, 15) is 4.79 Å². The molecule has 1 aliphatic rings. The summed E-state index contributed by atoms with van der Waals surface area (Å²) >= 11 is 0. The molecule has 0 aromatic carbocycles. The summed E-state index contributed by atoms with van der Waals surface area (Å²) < 4.78 is 5.14. The summed E-state index contributed by atoms with van der Waals surface area (Å²) in [7, 11) is 0. The molecule has 1 saturated heterocycles. The van der Waals surface area contributed by atoms with Crippen molar-refractivity contribution in [1.29, 1.82) is 0 Å². The molecule has 1 aliphatic heterocycles. The van der Waals surface area contributed by atoms with Crippen molar-refractivity contribution >= 4 is 11.9 Å². The van der Waals surface area contributed by atoms with E-state index < -0.39 is 0 Å². The Hall–Kier alpha value is -1.58. The Morgan fingerprint density at radius 3 is 2.63 bits per heavy atom. The van der Waals surface area contributed by atoms with Gasteiger partial charge in [-0.3, -0.25) is 4.90 Å². The summed E-state index contributed by atoms with van der Waals surface area (Å²) in [5.74, 6) is 1.64. The molecule has 0 radical (unpaired) electrons. The zero-order valence-corrected chi connectivity index (χ0v) is 12.1. The Morgan fingerprint density at radius 2 is 2.11 bits per heavy atom. The average molecular weight is 262 g/mol. The van der Waals surface area contributed by atoms with Crippen LogP contribution in [0.15, 0.2) is 18.3 Å². The van der Waals surface area contributed by atoms with Crippen LogP contribution in [0.5, 0.6) is 0 Å². The van der Waals surface area contributed by atoms with E-state index in [0.717, 1.165) is 6.42 Å². The summed E-state index contributed by atoms with van der Waals surface area (Å²) in [4.78, 5) is 17.9. The highest BCUT2D eigenvalue weighted by molar-refractivity contribution is 5.89. The van der Waals surface area contributed by atoms with Crippen LogP contribution >= 0.6 is 0 Å². The lowest BCUT2D eigenvalue weighted by Gasteiger charge is -2.23. The molecule has 19 heavy (non-hydrogen) atoms. The van der Waals surface area contributed by atoms with Crippen LogP contribution in [-0.4, -0.2) is 23.7 Å². The first-order valence-corrected chi connectivity index (χ1v) is 6.90. The van der Waals surface area contributed by atoms with Crippen LogP contribution in [0.2, 0.25) is 0 Å². The van der Waals surface area contributed by atoms with Gasteiger partial charge in [0, 0.05) is 6.20 Å². The first-order chi connectivity index (χ1) is 8.99. The molecule has 4 heteroatoms. The second-order valence-electron chi connectivity index (χ2n) is 5.88. The topological polar surface area (TPSA) is 42.4 Å². The highest BCUT2D eigenvalue weighted by Gasteiger charge is 2.36. The largest absolute Gasteiger partial charge is 0.447 e. The summed E-state index contributed by atoms with van der Waals surface area (Å²) in [6, 6.07) is 4.04. The number of cyclic esters (lactones) is 1. The van der Waals surface area contributed by atoms with Crippen LogP contribution in [0.25, 0.3) is 0 Å². The van der Waals surface area contributed by atoms with Crippen LogP contribution in [0.3, 0.4) is 0 Å². The number of rotatable bonds is 4. The molecule has 1 aromatic heterocycles. The van der Waals surface area contributed by atoms with E-state index in [-0.39, 0.29) is 12.1 Å². The molecule has 1 amide bonds. The minimum Gasteiger partial charge on any atom is -0.447 e. The Labute approximate surface area is 114 Å². The van der Waals surface area contributed by atoms with Crippen molar-refractivity contribution in [2.45, 2.75) is 40.2 Å². The number of aromatic nitrogens is 1. The Bertz CT molecular complexity index is 440. The van der Waals surface area contributed by atoms with Crippen molar-refractivity contribution in [2.24, 2.45) is 11.8 Å². The van der Waals surface area contributed by atoms with Gasteiger partial charge >= 0.3 is 6.09 Å². The fourth-order valence-electron chi connectivity index (χ4n) is 2.34. The van der Waals surface area contributed by atoms with Gasteiger partial charge in [0.2, 0.25) is 0 Å². The summed E-state index contributed by atoms with van der Waals surface area (Å²) in [6.07, 6.45) is 2.58. The van der Waals surface area contributed by atoms with E-state index in [1.54, 1.807) is 4.90 Å². The molecular weight excluding hydrogens is 240 g/mol. The lowest BCUT2D eigenvalue weighted by molar-refractivity contribution is 0.177. The Balaban J connectivity index is 2.18. The minimum absolute atomic E-state index is 0.0796. The van der Waals surface area contributed by atoms with Gasteiger partial charge in [-0.05, 0) is 29.9 Å². The molecule has 2 rings (SSSR count).